The van der Waals surface area contributed by atoms with Gasteiger partial charge in [0.05, 0.1) is 12.0 Å². The van der Waals surface area contributed by atoms with Crippen LogP contribution in [0.1, 0.15) is 106 Å². The van der Waals surface area contributed by atoms with Crippen LogP contribution >= 0.6 is 0 Å². The first-order valence-electron chi connectivity index (χ1n) is 13.8. The fraction of sp³-hybridized carbons (Fsp3) is 0.867. The number of carbonyl (C=O) groups is 2. The number of carboxylic acid groups (broad SMARTS) is 1. The van der Waals surface area contributed by atoms with Gasteiger partial charge in [-0.25, -0.2) is 0 Å². The number of aliphatic hydroxyl groups excluding tert-OH is 1. The van der Waals surface area contributed by atoms with Crippen molar-refractivity contribution in [3.05, 3.63) is 11.6 Å². The summed E-state index contributed by atoms with van der Waals surface area (Å²) in [4.78, 5) is 25.7. The van der Waals surface area contributed by atoms with Gasteiger partial charge in [0.2, 0.25) is 0 Å². The van der Waals surface area contributed by atoms with Crippen LogP contribution in [-0.2, 0) is 9.59 Å². The summed E-state index contributed by atoms with van der Waals surface area (Å²) in [5.74, 6) is 0.588. The largest absolute Gasteiger partial charge is 0.481 e. The zero-order valence-corrected chi connectivity index (χ0v) is 22.3. The summed E-state index contributed by atoms with van der Waals surface area (Å²) >= 11 is 0. The van der Waals surface area contributed by atoms with Crippen molar-refractivity contribution in [2.45, 2.75) is 106 Å². The molecule has 0 aromatic rings. The van der Waals surface area contributed by atoms with Gasteiger partial charge in [-0.3, -0.25) is 9.59 Å². The molecule has 0 saturated heterocycles. The highest BCUT2D eigenvalue weighted by Gasteiger charge is 2.70. The number of aliphatic hydroxyl groups is 1. The highest BCUT2D eigenvalue weighted by molar-refractivity contribution is 5.85. The van der Waals surface area contributed by atoms with Crippen LogP contribution in [0.25, 0.3) is 0 Å². The molecule has 5 aliphatic rings. The predicted octanol–water partition coefficient (Wildman–Crippen LogP) is 6.41. The smallest absolute Gasteiger partial charge is 0.310 e. The molecule has 5 rings (SSSR count). The van der Waals surface area contributed by atoms with Crippen LogP contribution in [0.5, 0.6) is 0 Å². The summed E-state index contributed by atoms with van der Waals surface area (Å²) in [6.07, 6.45) is 11.1. The van der Waals surface area contributed by atoms with E-state index in [9.17, 15) is 19.8 Å². The molecule has 0 spiro atoms. The van der Waals surface area contributed by atoms with Crippen molar-refractivity contribution >= 4 is 11.8 Å². The molecule has 0 heterocycles. The minimum Gasteiger partial charge on any atom is -0.481 e. The highest BCUT2D eigenvalue weighted by atomic mass is 16.4. The number of hydrogen-bond donors (Lipinski definition) is 2. The molecule has 0 amide bonds. The fourth-order valence-electron chi connectivity index (χ4n) is 10.6. The quantitative estimate of drug-likeness (QED) is 0.457. The molecule has 5 aliphatic carbocycles. The van der Waals surface area contributed by atoms with Crippen molar-refractivity contribution in [3.63, 3.8) is 0 Å². The first-order valence-corrected chi connectivity index (χ1v) is 13.8. The van der Waals surface area contributed by atoms with E-state index in [0.29, 0.717) is 30.5 Å². The lowest BCUT2D eigenvalue weighted by atomic mass is 9.33. The summed E-state index contributed by atoms with van der Waals surface area (Å²) in [6.45, 7) is 13.9. The number of fused-ring (bicyclic) bond motifs is 7. The molecule has 0 aromatic heterocycles. The minimum absolute atomic E-state index is 0.0160. The second kappa shape index (κ2) is 7.20. The molecule has 4 saturated carbocycles. The third kappa shape index (κ3) is 2.81. The van der Waals surface area contributed by atoms with Crippen LogP contribution in [0.3, 0.4) is 0 Å². The standard InChI is InChI=1S/C30H46O4/c1-25(2)13-14-29(24(33)34)15-16-30(18-31)19(20(29)17-25)7-8-22-27(5)11-10-23(32)26(3,4)21(27)9-12-28(22,30)6/h7,20-22,31H,8-18H2,1-6H3,(H,33,34)/t20?,21?,22?,27?,28?,29-,30-/m0/s1. The molecule has 0 aliphatic heterocycles. The molecule has 190 valence electrons. The monoisotopic (exact) mass is 470 g/mol. The van der Waals surface area contributed by atoms with Crippen molar-refractivity contribution < 1.29 is 19.8 Å². The number of carbonyl (C=O) groups excluding carboxylic acids is 1. The Morgan fingerprint density at radius 3 is 2.29 bits per heavy atom. The van der Waals surface area contributed by atoms with Crippen molar-refractivity contribution in [2.75, 3.05) is 6.61 Å². The molecule has 34 heavy (non-hydrogen) atoms. The third-order valence-electron chi connectivity index (χ3n) is 12.8. The summed E-state index contributed by atoms with van der Waals surface area (Å²) in [7, 11) is 0. The summed E-state index contributed by atoms with van der Waals surface area (Å²) in [5.41, 5.74) is 0.0993. The van der Waals surface area contributed by atoms with Gasteiger partial charge < -0.3 is 10.2 Å². The van der Waals surface area contributed by atoms with Gasteiger partial charge in [0, 0.05) is 17.3 Å². The van der Waals surface area contributed by atoms with Crippen LogP contribution in [0.15, 0.2) is 11.6 Å². The zero-order chi connectivity index (χ0) is 24.9. The molecule has 0 bridgehead atoms. The van der Waals surface area contributed by atoms with Crippen molar-refractivity contribution in [2.24, 2.45) is 50.2 Å². The molecule has 4 heteroatoms. The molecule has 0 aromatic carbocycles. The number of ketones is 1. The Morgan fingerprint density at radius 1 is 0.971 bits per heavy atom. The van der Waals surface area contributed by atoms with Gasteiger partial charge in [-0.05, 0) is 91.8 Å². The molecule has 4 fully saturated rings. The molecule has 4 nitrogen and oxygen atoms in total. The lowest BCUT2D eigenvalue weighted by Crippen LogP contribution is -2.66. The number of hydrogen-bond acceptors (Lipinski definition) is 3. The van der Waals surface area contributed by atoms with Gasteiger partial charge in [-0.1, -0.05) is 53.2 Å². The fourth-order valence-corrected chi connectivity index (χ4v) is 10.6. The third-order valence-corrected chi connectivity index (χ3v) is 12.8. The number of Topliss-reactive ketones (excluding diaryl/α,β-unsaturated/α-hetero) is 1. The van der Waals surface area contributed by atoms with E-state index in [1.807, 2.05) is 0 Å². The van der Waals surface area contributed by atoms with Crippen LogP contribution in [0.4, 0.5) is 0 Å². The van der Waals surface area contributed by atoms with E-state index >= 15 is 0 Å². The van der Waals surface area contributed by atoms with E-state index in [1.165, 1.54) is 5.57 Å². The lowest BCUT2D eigenvalue weighted by Gasteiger charge is -2.70. The van der Waals surface area contributed by atoms with Gasteiger partial charge in [-0.15, -0.1) is 0 Å². The first-order chi connectivity index (χ1) is 15.7. The van der Waals surface area contributed by atoms with E-state index < -0.39 is 11.4 Å². The Morgan fingerprint density at radius 2 is 1.65 bits per heavy atom. The first kappa shape index (κ1) is 24.5. The molecule has 7 atom stereocenters. The average Bonchev–Trinajstić information content (AvgIpc) is 2.75. The van der Waals surface area contributed by atoms with Crippen LogP contribution in [0.2, 0.25) is 0 Å². The second-order valence-corrected chi connectivity index (χ2v) is 14.7. The van der Waals surface area contributed by atoms with Crippen molar-refractivity contribution in [1.82, 2.24) is 0 Å². The summed E-state index contributed by atoms with van der Waals surface area (Å²) in [5, 5.41) is 21.7. The maximum Gasteiger partial charge on any atom is 0.310 e. The Bertz CT molecular complexity index is 945. The Hall–Kier alpha value is -1.16. The minimum atomic E-state index is -0.677. The van der Waals surface area contributed by atoms with Crippen LogP contribution < -0.4 is 0 Å². The summed E-state index contributed by atoms with van der Waals surface area (Å²) < 4.78 is 0. The average molecular weight is 471 g/mol. The Kier molecular flexibility index (Phi) is 5.20. The van der Waals surface area contributed by atoms with Gasteiger partial charge in [-0.2, -0.15) is 0 Å². The molecule has 0 radical (unpaired) electrons. The molecular weight excluding hydrogens is 424 g/mol. The van der Waals surface area contributed by atoms with Crippen molar-refractivity contribution in [1.29, 1.82) is 0 Å². The molecule has 5 unspecified atom stereocenters. The topological polar surface area (TPSA) is 74.6 Å². The predicted molar refractivity (Wildman–Crippen MR) is 133 cm³/mol. The maximum absolute atomic E-state index is 12.9. The Balaban J connectivity index is 1.63. The zero-order valence-electron chi connectivity index (χ0n) is 22.3. The van der Waals surface area contributed by atoms with Crippen LogP contribution in [0, 0.1) is 50.2 Å². The van der Waals surface area contributed by atoms with E-state index in [4.69, 9.17) is 0 Å². The van der Waals surface area contributed by atoms with E-state index in [-0.39, 0.29) is 39.6 Å². The number of aliphatic carboxylic acids is 1. The summed E-state index contributed by atoms with van der Waals surface area (Å²) in [6, 6.07) is 0. The van der Waals surface area contributed by atoms with Gasteiger partial charge in [0.25, 0.3) is 0 Å². The number of carboxylic acids is 1. The molecule has 2 N–H and O–H groups in total. The van der Waals surface area contributed by atoms with E-state index in [2.05, 4.69) is 47.6 Å². The van der Waals surface area contributed by atoms with E-state index in [0.717, 1.165) is 51.4 Å². The number of rotatable bonds is 2. The lowest BCUT2D eigenvalue weighted by molar-refractivity contribution is -0.198. The van der Waals surface area contributed by atoms with Crippen molar-refractivity contribution in [3.8, 4) is 0 Å². The van der Waals surface area contributed by atoms with Crippen LogP contribution in [-0.4, -0.2) is 28.6 Å². The Labute approximate surface area is 206 Å². The highest BCUT2D eigenvalue weighted by Crippen LogP contribution is 2.75. The second-order valence-electron chi connectivity index (χ2n) is 14.7. The van der Waals surface area contributed by atoms with Gasteiger partial charge in [0.15, 0.2) is 0 Å². The van der Waals surface area contributed by atoms with Gasteiger partial charge >= 0.3 is 5.97 Å². The normalized spacial score (nSPS) is 49.1. The SMILES string of the molecule is CC1(C)CC[C@]2(C(=O)O)CC[C@]3(CO)C(=CCC4C5(C)CCC(=O)C(C)(C)C5CCC43C)C2C1. The molecular formula is C30H46O4. The maximum atomic E-state index is 12.9. The number of allylic oxidation sites excluding steroid dienone is 1. The van der Waals surface area contributed by atoms with Gasteiger partial charge in [0.1, 0.15) is 5.78 Å². The van der Waals surface area contributed by atoms with E-state index in [1.54, 1.807) is 0 Å².